The van der Waals surface area contributed by atoms with Gasteiger partial charge in [0.05, 0.1) is 5.69 Å². The third-order valence-corrected chi connectivity index (χ3v) is 4.58. The number of benzene rings is 2. The van der Waals surface area contributed by atoms with E-state index < -0.39 is 11.9 Å². The van der Waals surface area contributed by atoms with Crippen molar-refractivity contribution in [3.8, 4) is 22.5 Å². The Bertz CT molecular complexity index is 1110. The van der Waals surface area contributed by atoms with E-state index in [-0.39, 0.29) is 0 Å². The molecular formula is C19H13ClF3N3. The van der Waals surface area contributed by atoms with Crippen LogP contribution < -0.4 is 0 Å². The summed E-state index contributed by atoms with van der Waals surface area (Å²) in [7, 11) is 1.50. The number of hydrogen-bond donors (Lipinski definition) is 1. The van der Waals surface area contributed by atoms with Gasteiger partial charge >= 0.3 is 6.18 Å². The molecule has 26 heavy (non-hydrogen) atoms. The second-order valence-electron chi connectivity index (χ2n) is 6.00. The second kappa shape index (κ2) is 5.92. The van der Waals surface area contributed by atoms with Crippen molar-refractivity contribution in [2.75, 3.05) is 0 Å². The normalized spacial score (nSPS) is 12.0. The highest BCUT2D eigenvalue weighted by molar-refractivity contribution is 6.33. The molecule has 2 aromatic carbocycles. The average Bonchev–Trinajstić information content (AvgIpc) is 3.17. The zero-order chi connectivity index (χ0) is 18.5. The molecule has 0 amide bonds. The largest absolute Gasteiger partial charge is 0.435 e. The molecular weight excluding hydrogens is 363 g/mol. The molecule has 0 aliphatic carbocycles. The van der Waals surface area contributed by atoms with Crippen LogP contribution in [-0.4, -0.2) is 14.8 Å². The Morgan fingerprint density at radius 2 is 1.81 bits per heavy atom. The smallest absolute Gasteiger partial charge is 0.354 e. The minimum Gasteiger partial charge on any atom is -0.354 e. The van der Waals surface area contributed by atoms with E-state index in [1.54, 1.807) is 6.07 Å². The first-order valence-corrected chi connectivity index (χ1v) is 8.20. The van der Waals surface area contributed by atoms with Gasteiger partial charge in [0.25, 0.3) is 0 Å². The highest BCUT2D eigenvalue weighted by Gasteiger charge is 2.34. The Hall–Kier alpha value is -2.73. The molecule has 0 aliphatic heterocycles. The van der Waals surface area contributed by atoms with Crippen molar-refractivity contribution in [1.29, 1.82) is 0 Å². The van der Waals surface area contributed by atoms with Crippen LogP contribution in [0.15, 0.2) is 54.6 Å². The molecule has 1 N–H and O–H groups in total. The Labute approximate surface area is 152 Å². The lowest BCUT2D eigenvalue weighted by molar-refractivity contribution is -0.141. The van der Waals surface area contributed by atoms with Gasteiger partial charge in [0.15, 0.2) is 5.69 Å². The molecule has 0 fully saturated rings. The van der Waals surface area contributed by atoms with Crippen molar-refractivity contribution in [3.05, 3.63) is 65.3 Å². The van der Waals surface area contributed by atoms with Crippen molar-refractivity contribution < 1.29 is 13.2 Å². The highest BCUT2D eigenvalue weighted by Crippen LogP contribution is 2.34. The van der Waals surface area contributed by atoms with E-state index in [0.717, 1.165) is 28.2 Å². The number of alkyl halides is 3. The molecule has 2 heterocycles. The molecule has 4 rings (SSSR count). The Morgan fingerprint density at radius 3 is 2.50 bits per heavy atom. The Balaban J connectivity index is 1.80. The molecule has 0 spiro atoms. The molecule has 0 bridgehead atoms. The van der Waals surface area contributed by atoms with Crippen LogP contribution in [0.25, 0.3) is 33.4 Å². The highest BCUT2D eigenvalue weighted by atomic mass is 35.5. The van der Waals surface area contributed by atoms with Crippen molar-refractivity contribution in [2.45, 2.75) is 6.18 Å². The summed E-state index contributed by atoms with van der Waals surface area (Å²) in [6.45, 7) is 0. The summed E-state index contributed by atoms with van der Waals surface area (Å²) in [4.78, 5) is 3.29. The fraction of sp³-hybridized carbons (Fsp3) is 0.105. The lowest BCUT2D eigenvalue weighted by Gasteiger charge is -2.01. The van der Waals surface area contributed by atoms with Crippen molar-refractivity contribution >= 4 is 22.5 Å². The molecule has 7 heteroatoms. The van der Waals surface area contributed by atoms with E-state index in [0.29, 0.717) is 16.3 Å². The van der Waals surface area contributed by atoms with E-state index in [9.17, 15) is 13.2 Å². The molecule has 0 saturated carbocycles. The first-order valence-electron chi connectivity index (χ1n) is 7.82. The van der Waals surface area contributed by atoms with Crippen LogP contribution >= 0.6 is 11.6 Å². The Kier molecular flexibility index (Phi) is 3.80. The van der Waals surface area contributed by atoms with Gasteiger partial charge in [-0.3, -0.25) is 4.68 Å². The zero-order valence-electron chi connectivity index (χ0n) is 13.6. The van der Waals surface area contributed by atoms with Crippen molar-refractivity contribution in [3.63, 3.8) is 0 Å². The molecule has 132 valence electrons. The first-order chi connectivity index (χ1) is 12.3. The number of aromatic amines is 1. The fourth-order valence-corrected chi connectivity index (χ4v) is 3.23. The van der Waals surface area contributed by atoms with Gasteiger partial charge in [-0.05, 0) is 30.3 Å². The van der Waals surface area contributed by atoms with Gasteiger partial charge in [-0.15, -0.1) is 0 Å². The van der Waals surface area contributed by atoms with Gasteiger partial charge in [0.1, 0.15) is 0 Å². The molecule has 3 nitrogen and oxygen atoms in total. The minimum absolute atomic E-state index is 0.403. The molecule has 0 atom stereocenters. The molecule has 0 radical (unpaired) electrons. The maximum atomic E-state index is 12.9. The van der Waals surface area contributed by atoms with Crippen LogP contribution in [0, 0.1) is 0 Å². The van der Waals surface area contributed by atoms with Crippen LogP contribution in [0.5, 0.6) is 0 Å². The summed E-state index contributed by atoms with van der Waals surface area (Å²) in [5, 5.41) is 5.08. The molecule has 0 unspecified atom stereocenters. The monoisotopic (exact) mass is 375 g/mol. The summed E-state index contributed by atoms with van der Waals surface area (Å²) < 4.78 is 39.9. The van der Waals surface area contributed by atoms with Gasteiger partial charge in [-0.2, -0.15) is 18.3 Å². The summed E-state index contributed by atoms with van der Waals surface area (Å²) in [6, 6.07) is 15.9. The molecule has 4 aromatic rings. The third kappa shape index (κ3) is 2.86. The summed E-state index contributed by atoms with van der Waals surface area (Å²) in [5.41, 5.74) is 2.76. The molecule has 0 aliphatic rings. The van der Waals surface area contributed by atoms with Crippen LogP contribution in [-0.2, 0) is 13.2 Å². The number of fused-ring (bicyclic) bond motifs is 1. The number of aromatic nitrogens is 3. The number of halogens is 4. The number of nitrogens with zero attached hydrogens (tertiary/aromatic N) is 2. The van der Waals surface area contributed by atoms with E-state index in [4.69, 9.17) is 11.6 Å². The summed E-state index contributed by atoms with van der Waals surface area (Å²) >= 11 is 6.24. The molecule has 0 saturated heterocycles. The van der Waals surface area contributed by atoms with Gasteiger partial charge in [-0.1, -0.05) is 35.9 Å². The van der Waals surface area contributed by atoms with Crippen LogP contribution in [0.1, 0.15) is 5.69 Å². The predicted octanol–water partition coefficient (Wildman–Crippen LogP) is 5.91. The van der Waals surface area contributed by atoms with Gasteiger partial charge < -0.3 is 4.98 Å². The number of aryl methyl sites for hydroxylation is 1. The van der Waals surface area contributed by atoms with Crippen LogP contribution in [0.3, 0.4) is 0 Å². The summed E-state index contributed by atoms with van der Waals surface area (Å²) in [5.74, 6) is 0. The quantitative estimate of drug-likeness (QED) is 0.464. The maximum Gasteiger partial charge on any atom is 0.435 e. The maximum absolute atomic E-state index is 12.9. The van der Waals surface area contributed by atoms with Gasteiger partial charge in [0, 0.05) is 39.8 Å². The second-order valence-corrected chi connectivity index (χ2v) is 6.41. The number of hydrogen-bond acceptors (Lipinski definition) is 1. The Morgan fingerprint density at radius 1 is 1.04 bits per heavy atom. The SMILES string of the molecule is Cn1nc(C(F)(F)F)cc1-c1ccc2[nH]c(-c3ccccc3Cl)cc2c1. The van der Waals surface area contributed by atoms with Crippen molar-refractivity contribution in [1.82, 2.24) is 14.8 Å². The van der Waals surface area contributed by atoms with Crippen LogP contribution in [0.2, 0.25) is 5.02 Å². The zero-order valence-corrected chi connectivity index (χ0v) is 14.4. The van der Waals surface area contributed by atoms with Gasteiger partial charge in [-0.25, -0.2) is 0 Å². The lowest BCUT2D eigenvalue weighted by atomic mass is 10.1. The van der Waals surface area contributed by atoms with E-state index >= 15 is 0 Å². The lowest BCUT2D eigenvalue weighted by Crippen LogP contribution is -2.06. The van der Waals surface area contributed by atoms with Crippen LogP contribution in [0.4, 0.5) is 13.2 Å². The standard InChI is InChI=1S/C19H13ClF3N3/c1-26-17(10-18(25-26)19(21,22)23)11-6-7-15-12(8-11)9-16(24-15)13-4-2-3-5-14(13)20/h2-10,24H,1H3. The van der Waals surface area contributed by atoms with E-state index in [2.05, 4.69) is 10.1 Å². The van der Waals surface area contributed by atoms with Gasteiger partial charge in [0.2, 0.25) is 0 Å². The van der Waals surface area contributed by atoms with E-state index in [1.165, 1.54) is 11.7 Å². The third-order valence-electron chi connectivity index (χ3n) is 4.25. The fourth-order valence-electron chi connectivity index (χ4n) is 2.99. The minimum atomic E-state index is -4.47. The molecule has 2 aromatic heterocycles. The topological polar surface area (TPSA) is 33.6 Å². The first kappa shape index (κ1) is 16.7. The van der Waals surface area contributed by atoms with Crippen molar-refractivity contribution in [2.24, 2.45) is 7.05 Å². The number of rotatable bonds is 2. The predicted molar refractivity (Wildman–Crippen MR) is 95.9 cm³/mol. The number of H-pyrrole nitrogens is 1. The summed E-state index contributed by atoms with van der Waals surface area (Å²) in [6.07, 6.45) is -4.47. The number of nitrogens with one attached hydrogen (secondary N) is 1. The average molecular weight is 376 g/mol. The van der Waals surface area contributed by atoms with E-state index in [1.807, 2.05) is 42.5 Å².